The third-order valence-corrected chi connectivity index (χ3v) is 2.64. The van der Waals surface area contributed by atoms with E-state index in [-0.39, 0.29) is 5.97 Å². The van der Waals surface area contributed by atoms with Crippen LogP contribution < -0.4 is 5.32 Å². The second-order valence-corrected chi connectivity index (χ2v) is 3.62. The lowest BCUT2D eigenvalue weighted by atomic mass is 9.91. The predicted octanol–water partition coefficient (Wildman–Crippen LogP) is 1.64. The van der Waals surface area contributed by atoms with Crippen molar-refractivity contribution in [1.82, 2.24) is 5.32 Å². The Morgan fingerprint density at radius 2 is 2.21 bits per heavy atom. The van der Waals surface area contributed by atoms with Crippen molar-refractivity contribution in [3.63, 3.8) is 0 Å². The Balaban J connectivity index is 2.36. The summed E-state index contributed by atoms with van der Waals surface area (Å²) in [4.78, 5) is 11.1. The fourth-order valence-electron chi connectivity index (χ4n) is 1.77. The summed E-state index contributed by atoms with van der Waals surface area (Å²) < 4.78 is 4.87. The molecular formula is C11H19NO2. The molecule has 0 radical (unpaired) electrons. The largest absolute Gasteiger partial charge is 0.463 e. The van der Waals surface area contributed by atoms with Gasteiger partial charge in [0.1, 0.15) is 0 Å². The summed E-state index contributed by atoms with van der Waals surface area (Å²) in [6.45, 7) is 2.29. The van der Waals surface area contributed by atoms with Gasteiger partial charge in [-0.1, -0.05) is 5.57 Å². The molecule has 0 aliphatic heterocycles. The van der Waals surface area contributed by atoms with Crippen molar-refractivity contribution in [2.45, 2.75) is 38.6 Å². The zero-order valence-corrected chi connectivity index (χ0v) is 9.01. The van der Waals surface area contributed by atoms with E-state index in [1.807, 2.05) is 14.0 Å². The van der Waals surface area contributed by atoms with Gasteiger partial charge >= 0.3 is 5.97 Å². The van der Waals surface area contributed by atoms with Crippen molar-refractivity contribution in [2.24, 2.45) is 0 Å². The van der Waals surface area contributed by atoms with Gasteiger partial charge in [0.2, 0.25) is 0 Å². The van der Waals surface area contributed by atoms with Crippen molar-refractivity contribution in [1.29, 1.82) is 0 Å². The Kier molecular flexibility index (Phi) is 4.66. The van der Waals surface area contributed by atoms with Crippen molar-refractivity contribution in [2.75, 3.05) is 13.7 Å². The maximum atomic E-state index is 11.1. The van der Waals surface area contributed by atoms with Gasteiger partial charge in [-0.15, -0.1) is 0 Å². The van der Waals surface area contributed by atoms with Gasteiger partial charge in [0.15, 0.2) is 0 Å². The van der Waals surface area contributed by atoms with Crippen molar-refractivity contribution in [3.05, 3.63) is 11.6 Å². The van der Waals surface area contributed by atoms with Gasteiger partial charge in [0.25, 0.3) is 0 Å². The molecule has 0 aromatic heterocycles. The second kappa shape index (κ2) is 5.81. The lowest BCUT2D eigenvalue weighted by Crippen LogP contribution is -2.28. The van der Waals surface area contributed by atoms with Gasteiger partial charge in [0, 0.05) is 12.1 Å². The monoisotopic (exact) mass is 197 g/mol. The lowest BCUT2D eigenvalue weighted by molar-refractivity contribution is -0.137. The molecule has 1 N–H and O–H groups in total. The molecule has 0 saturated heterocycles. The van der Waals surface area contributed by atoms with Crippen LogP contribution in [0.2, 0.25) is 0 Å². The number of allylic oxidation sites excluding steroid dienone is 1. The molecule has 0 aromatic rings. The van der Waals surface area contributed by atoms with Gasteiger partial charge in [-0.2, -0.15) is 0 Å². The summed E-state index contributed by atoms with van der Waals surface area (Å²) >= 11 is 0. The van der Waals surface area contributed by atoms with Crippen molar-refractivity contribution >= 4 is 5.97 Å². The second-order valence-electron chi connectivity index (χ2n) is 3.62. The molecule has 1 aliphatic rings. The van der Waals surface area contributed by atoms with Gasteiger partial charge in [-0.05, 0) is 39.7 Å². The van der Waals surface area contributed by atoms with E-state index >= 15 is 0 Å². The topological polar surface area (TPSA) is 38.3 Å². The Morgan fingerprint density at radius 1 is 1.57 bits per heavy atom. The fraction of sp³-hybridized carbons (Fsp3) is 0.727. The van der Waals surface area contributed by atoms with Crippen LogP contribution in [-0.2, 0) is 9.53 Å². The zero-order valence-electron chi connectivity index (χ0n) is 9.01. The molecule has 1 saturated carbocycles. The van der Waals surface area contributed by atoms with Crippen LogP contribution >= 0.6 is 0 Å². The normalized spacial score (nSPS) is 21.9. The molecule has 14 heavy (non-hydrogen) atoms. The maximum absolute atomic E-state index is 11.1. The quantitative estimate of drug-likeness (QED) is 0.552. The minimum Gasteiger partial charge on any atom is -0.463 e. The standard InChI is InChI=1S/C11H19NO2/c1-3-14-11(13)8-9-4-6-10(12-2)7-5-9/h8,10,12H,3-7H2,1-2H3. The first-order chi connectivity index (χ1) is 6.76. The van der Waals surface area contributed by atoms with Crippen molar-refractivity contribution < 1.29 is 9.53 Å². The molecule has 0 amide bonds. The molecule has 3 heteroatoms. The number of hydrogen-bond donors (Lipinski definition) is 1. The minimum absolute atomic E-state index is 0.189. The summed E-state index contributed by atoms with van der Waals surface area (Å²) in [5.74, 6) is -0.189. The third-order valence-electron chi connectivity index (χ3n) is 2.64. The van der Waals surface area contributed by atoms with E-state index in [1.54, 1.807) is 6.08 Å². The third kappa shape index (κ3) is 3.50. The SMILES string of the molecule is CCOC(=O)C=C1CCC(NC)CC1. The van der Waals surface area contributed by atoms with Crippen LogP contribution in [0.5, 0.6) is 0 Å². The van der Waals surface area contributed by atoms with Crippen LogP contribution in [0.15, 0.2) is 11.6 Å². The molecule has 0 bridgehead atoms. The highest BCUT2D eigenvalue weighted by Gasteiger charge is 2.15. The van der Waals surface area contributed by atoms with E-state index in [1.165, 1.54) is 5.57 Å². The first kappa shape index (κ1) is 11.2. The molecule has 1 fully saturated rings. The molecule has 1 aliphatic carbocycles. The minimum atomic E-state index is -0.189. The average molecular weight is 197 g/mol. The van der Waals surface area contributed by atoms with E-state index in [0.29, 0.717) is 12.6 Å². The lowest BCUT2D eigenvalue weighted by Gasteiger charge is -2.22. The number of nitrogens with one attached hydrogen (secondary N) is 1. The molecule has 1 rings (SSSR count). The van der Waals surface area contributed by atoms with E-state index in [0.717, 1.165) is 25.7 Å². The van der Waals surface area contributed by atoms with E-state index < -0.39 is 0 Å². The molecule has 0 atom stereocenters. The van der Waals surface area contributed by atoms with Crippen LogP contribution in [0.3, 0.4) is 0 Å². The van der Waals surface area contributed by atoms with Gasteiger partial charge in [0.05, 0.1) is 6.61 Å². The summed E-state index contributed by atoms with van der Waals surface area (Å²) in [6, 6.07) is 0.620. The number of rotatable bonds is 3. The molecule has 3 nitrogen and oxygen atoms in total. The van der Waals surface area contributed by atoms with Gasteiger partial charge in [-0.25, -0.2) is 4.79 Å². The van der Waals surface area contributed by atoms with E-state index in [9.17, 15) is 4.79 Å². The van der Waals surface area contributed by atoms with Gasteiger partial charge in [-0.3, -0.25) is 0 Å². The average Bonchev–Trinajstić information content (AvgIpc) is 2.19. The Bertz CT molecular complexity index is 213. The summed E-state index contributed by atoms with van der Waals surface area (Å²) in [6.07, 6.45) is 5.95. The van der Waals surface area contributed by atoms with Crippen LogP contribution in [0.4, 0.5) is 0 Å². The molecule has 0 unspecified atom stereocenters. The van der Waals surface area contributed by atoms with Crippen molar-refractivity contribution in [3.8, 4) is 0 Å². The molecule has 80 valence electrons. The van der Waals surface area contributed by atoms with Crippen LogP contribution in [-0.4, -0.2) is 25.7 Å². The Morgan fingerprint density at radius 3 is 2.71 bits per heavy atom. The predicted molar refractivity (Wildman–Crippen MR) is 56.0 cm³/mol. The van der Waals surface area contributed by atoms with E-state index in [2.05, 4.69) is 5.32 Å². The number of hydrogen-bond acceptors (Lipinski definition) is 3. The number of esters is 1. The number of carbonyl (C=O) groups is 1. The zero-order chi connectivity index (χ0) is 10.4. The maximum Gasteiger partial charge on any atom is 0.330 e. The summed E-state index contributed by atoms with van der Waals surface area (Å²) in [5.41, 5.74) is 1.23. The highest BCUT2D eigenvalue weighted by molar-refractivity contribution is 5.82. The molecule has 0 aromatic carbocycles. The molecule has 0 heterocycles. The fourth-order valence-corrected chi connectivity index (χ4v) is 1.77. The first-order valence-electron chi connectivity index (χ1n) is 5.29. The van der Waals surface area contributed by atoms with E-state index in [4.69, 9.17) is 4.74 Å². The van der Waals surface area contributed by atoms with Crippen LogP contribution in [0, 0.1) is 0 Å². The summed E-state index contributed by atoms with van der Waals surface area (Å²) in [7, 11) is 1.99. The molecular weight excluding hydrogens is 178 g/mol. The Hall–Kier alpha value is -0.830. The number of ether oxygens (including phenoxy) is 1. The smallest absolute Gasteiger partial charge is 0.330 e. The number of carbonyl (C=O) groups excluding carboxylic acids is 1. The highest BCUT2D eigenvalue weighted by Crippen LogP contribution is 2.23. The van der Waals surface area contributed by atoms with Crippen LogP contribution in [0.1, 0.15) is 32.6 Å². The summed E-state index contributed by atoms with van der Waals surface area (Å²) in [5, 5.41) is 3.26. The van der Waals surface area contributed by atoms with Gasteiger partial charge < -0.3 is 10.1 Å². The highest BCUT2D eigenvalue weighted by atomic mass is 16.5. The Labute approximate surface area is 85.5 Å². The first-order valence-corrected chi connectivity index (χ1v) is 5.29. The van der Waals surface area contributed by atoms with Crippen LogP contribution in [0.25, 0.3) is 0 Å². The molecule has 0 spiro atoms.